The lowest BCUT2D eigenvalue weighted by Gasteiger charge is -2.20. The molecule has 0 saturated heterocycles. The summed E-state index contributed by atoms with van der Waals surface area (Å²) < 4.78 is 0.827. The molecule has 0 aliphatic rings. The number of hydrogen-bond acceptors (Lipinski definition) is 4. The van der Waals surface area contributed by atoms with Crippen molar-refractivity contribution < 1.29 is 9.94 Å². The molecule has 2 aromatic rings. The lowest BCUT2D eigenvalue weighted by Crippen LogP contribution is -2.32. The van der Waals surface area contributed by atoms with Gasteiger partial charge in [-0.15, -0.1) is 0 Å². The Hall–Kier alpha value is -2.56. The summed E-state index contributed by atoms with van der Waals surface area (Å²) in [7, 11) is 3.19. The molecule has 7 heteroatoms. The van der Waals surface area contributed by atoms with E-state index in [0.29, 0.717) is 22.9 Å². The third kappa shape index (κ3) is 4.22. The van der Waals surface area contributed by atoms with E-state index in [1.807, 2.05) is 30.3 Å². The predicted octanol–water partition coefficient (Wildman–Crippen LogP) is 3.62. The molecule has 23 heavy (non-hydrogen) atoms. The Morgan fingerprint density at radius 2 is 2.09 bits per heavy atom. The smallest absolute Gasteiger partial charge is 0.228 e. The fourth-order valence-corrected chi connectivity index (χ4v) is 2.12. The van der Waals surface area contributed by atoms with Crippen LogP contribution in [0.2, 0.25) is 0 Å². The van der Waals surface area contributed by atoms with Gasteiger partial charge < -0.3 is 10.4 Å². The number of rotatable bonds is 3. The molecule has 2 aromatic carbocycles. The van der Waals surface area contributed by atoms with Gasteiger partial charge in [0.15, 0.2) is 0 Å². The number of nitrogens with zero attached hydrogens (tertiary/aromatic N) is 3. The van der Waals surface area contributed by atoms with E-state index in [0.717, 1.165) is 4.47 Å². The molecule has 0 bridgehead atoms. The number of halogens is 1. The zero-order valence-electron chi connectivity index (χ0n) is 12.6. The second-order valence-electron chi connectivity index (χ2n) is 4.54. The van der Waals surface area contributed by atoms with Gasteiger partial charge in [0.25, 0.3) is 0 Å². The maximum atomic E-state index is 10.0. The highest BCUT2D eigenvalue weighted by Crippen LogP contribution is 2.27. The minimum atomic E-state index is -0.0478. The summed E-state index contributed by atoms with van der Waals surface area (Å²) in [5.74, 6) is 0.327. The summed E-state index contributed by atoms with van der Waals surface area (Å²) in [6, 6.07) is 14.0. The van der Waals surface area contributed by atoms with Crippen molar-refractivity contribution in [1.29, 1.82) is 5.26 Å². The molecular weight excluding hydrogens is 360 g/mol. The van der Waals surface area contributed by atoms with Crippen molar-refractivity contribution in [3.05, 3.63) is 52.5 Å². The van der Waals surface area contributed by atoms with Gasteiger partial charge in [-0.05, 0) is 46.3 Å². The SMILES string of the molecule is CON(C)C(=Nc1ccccc1Br)Nc1ccc(C#N)cc1O. The zero-order chi connectivity index (χ0) is 16.8. The van der Waals surface area contributed by atoms with E-state index in [4.69, 9.17) is 10.1 Å². The molecule has 0 aliphatic carbocycles. The van der Waals surface area contributed by atoms with Gasteiger partial charge in [0.2, 0.25) is 5.96 Å². The van der Waals surface area contributed by atoms with Crippen molar-refractivity contribution in [1.82, 2.24) is 5.06 Å². The minimum absolute atomic E-state index is 0.0478. The molecule has 6 nitrogen and oxygen atoms in total. The van der Waals surface area contributed by atoms with Crippen molar-refractivity contribution in [2.45, 2.75) is 0 Å². The van der Waals surface area contributed by atoms with E-state index in [1.54, 1.807) is 19.2 Å². The van der Waals surface area contributed by atoms with Gasteiger partial charge in [0.1, 0.15) is 5.75 Å². The number of anilines is 1. The van der Waals surface area contributed by atoms with Crippen molar-refractivity contribution in [2.75, 3.05) is 19.5 Å². The van der Waals surface area contributed by atoms with Gasteiger partial charge in [-0.3, -0.25) is 4.84 Å². The monoisotopic (exact) mass is 374 g/mol. The molecule has 0 spiro atoms. The second-order valence-corrected chi connectivity index (χ2v) is 5.39. The van der Waals surface area contributed by atoms with Crippen LogP contribution in [0.25, 0.3) is 0 Å². The molecule has 0 radical (unpaired) electrons. The first-order chi connectivity index (χ1) is 11.0. The molecule has 0 amide bonds. The van der Waals surface area contributed by atoms with Gasteiger partial charge in [-0.2, -0.15) is 5.26 Å². The highest BCUT2D eigenvalue weighted by molar-refractivity contribution is 9.10. The Bertz CT molecular complexity index is 771. The molecule has 0 saturated carbocycles. The minimum Gasteiger partial charge on any atom is -0.506 e. The van der Waals surface area contributed by atoms with Gasteiger partial charge in [0, 0.05) is 11.5 Å². The number of nitriles is 1. The number of nitrogens with one attached hydrogen (secondary N) is 1. The fraction of sp³-hybridized carbons (Fsp3) is 0.125. The van der Waals surface area contributed by atoms with Crippen molar-refractivity contribution in [3.63, 3.8) is 0 Å². The molecular formula is C16H15BrN4O2. The van der Waals surface area contributed by atoms with Crippen LogP contribution >= 0.6 is 15.9 Å². The Morgan fingerprint density at radius 3 is 2.70 bits per heavy atom. The molecule has 118 valence electrons. The van der Waals surface area contributed by atoms with Crippen LogP contribution < -0.4 is 5.32 Å². The summed E-state index contributed by atoms with van der Waals surface area (Å²) in [5.41, 5.74) is 1.49. The number of phenolic OH excluding ortho intramolecular Hbond substituents is 1. The van der Waals surface area contributed by atoms with Gasteiger partial charge in [-0.1, -0.05) is 12.1 Å². The summed E-state index contributed by atoms with van der Waals surface area (Å²) in [4.78, 5) is 9.66. The molecule has 0 heterocycles. The Balaban J connectivity index is 2.37. The first kappa shape index (κ1) is 16.8. The summed E-state index contributed by atoms with van der Waals surface area (Å²) in [6.07, 6.45) is 0. The molecule has 0 atom stereocenters. The first-order valence-corrected chi connectivity index (χ1v) is 7.45. The highest BCUT2D eigenvalue weighted by Gasteiger charge is 2.11. The molecule has 0 unspecified atom stereocenters. The summed E-state index contributed by atoms with van der Waals surface area (Å²) in [6.45, 7) is 0. The van der Waals surface area contributed by atoms with Crippen molar-refractivity contribution in [2.24, 2.45) is 4.99 Å². The molecule has 2 N–H and O–H groups in total. The number of aliphatic imine (C=N–C) groups is 1. The van der Waals surface area contributed by atoms with Crippen LogP contribution in [0.5, 0.6) is 5.75 Å². The van der Waals surface area contributed by atoms with E-state index in [9.17, 15) is 5.11 Å². The fourth-order valence-electron chi connectivity index (χ4n) is 1.75. The van der Waals surface area contributed by atoms with Crippen LogP contribution in [0.4, 0.5) is 11.4 Å². The third-order valence-electron chi connectivity index (χ3n) is 3.02. The van der Waals surface area contributed by atoms with E-state index < -0.39 is 0 Å². The van der Waals surface area contributed by atoms with Crippen molar-refractivity contribution >= 4 is 33.3 Å². The van der Waals surface area contributed by atoms with Crippen LogP contribution in [0.15, 0.2) is 51.9 Å². The van der Waals surface area contributed by atoms with E-state index in [2.05, 4.69) is 26.2 Å². The number of hydroxylamine groups is 2. The molecule has 0 fully saturated rings. The molecule has 2 rings (SSSR count). The van der Waals surface area contributed by atoms with Crippen LogP contribution in [-0.2, 0) is 4.84 Å². The molecule has 0 aromatic heterocycles. The highest BCUT2D eigenvalue weighted by atomic mass is 79.9. The maximum absolute atomic E-state index is 10.0. The lowest BCUT2D eigenvalue weighted by atomic mass is 10.2. The second kappa shape index (κ2) is 7.63. The normalized spacial score (nSPS) is 11.0. The van der Waals surface area contributed by atoms with E-state index in [1.165, 1.54) is 18.2 Å². The Labute approximate surface area is 142 Å². The van der Waals surface area contributed by atoms with Gasteiger partial charge in [0.05, 0.1) is 30.1 Å². The van der Waals surface area contributed by atoms with E-state index in [-0.39, 0.29) is 5.75 Å². The standard InChI is InChI=1S/C16H15BrN4O2/c1-21(23-2)16(19-13-6-4-3-5-12(13)17)20-14-8-7-11(10-18)9-15(14)22/h3-9,22H,1-2H3,(H,19,20). The van der Waals surface area contributed by atoms with E-state index >= 15 is 0 Å². The van der Waals surface area contributed by atoms with Gasteiger partial charge in [-0.25, -0.2) is 10.1 Å². The molecule has 0 aliphatic heterocycles. The predicted molar refractivity (Wildman–Crippen MR) is 92.5 cm³/mol. The van der Waals surface area contributed by atoms with Crippen LogP contribution in [0, 0.1) is 11.3 Å². The maximum Gasteiger partial charge on any atom is 0.228 e. The van der Waals surface area contributed by atoms with Crippen molar-refractivity contribution in [3.8, 4) is 11.8 Å². The summed E-state index contributed by atoms with van der Waals surface area (Å²) in [5, 5.41) is 23.3. The average Bonchev–Trinajstić information content (AvgIpc) is 2.56. The number of phenols is 1. The quantitative estimate of drug-likeness (QED) is 0.371. The number of guanidine groups is 1. The zero-order valence-corrected chi connectivity index (χ0v) is 14.2. The number of para-hydroxylation sites is 1. The number of aromatic hydroxyl groups is 1. The third-order valence-corrected chi connectivity index (χ3v) is 3.69. The van der Waals surface area contributed by atoms with Crippen LogP contribution in [-0.4, -0.2) is 30.3 Å². The van der Waals surface area contributed by atoms with Crippen LogP contribution in [0.1, 0.15) is 5.56 Å². The Kier molecular flexibility index (Phi) is 5.57. The van der Waals surface area contributed by atoms with Crippen LogP contribution in [0.3, 0.4) is 0 Å². The lowest BCUT2D eigenvalue weighted by molar-refractivity contribution is -0.0417. The number of hydrogen-bond donors (Lipinski definition) is 2. The summed E-state index contributed by atoms with van der Waals surface area (Å²) >= 11 is 3.43. The Morgan fingerprint density at radius 1 is 1.35 bits per heavy atom. The number of benzene rings is 2. The largest absolute Gasteiger partial charge is 0.506 e. The topological polar surface area (TPSA) is 80.9 Å². The first-order valence-electron chi connectivity index (χ1n) is 6.66. The van der Waals surface area contributed by atoms with Gasteiger partial charge >= 0.3 is 0 Å². The average molecular weight is 375 g/mol.